The van der Waals surface area contributed by atoms with Crippen LogP contribution in [-0.2, 0) is 4.74 Å². The predicted molar refractivity (Wildman–Crippen MR) is 78.9 cm³/mol. The number of hydrogen-bond donors (Lipinski definition) is 0. The van der Waals surface area contributed by atoms with Crippen molar-refractivity contribution in [1.29, 1.82) is 0 Å². The maximum atomic E-state index is 12.9. The molecule has 1 heterocycles. The largest absolute Gasteiger partial charge is 0.381 e. The molecule has 1 aliphatic carbocycles. The minimum Gasteiger partial charge on any atom is -0.381 e. The van der Waals surface area contributed by atoms with E-state index in [0.29, 0.717) is 12.0 Å². The standard InChI is InChI=1S/C17H23NO2/c1-12-4-3-5-16(13(12)2)17(19)18(15-6-7-15)10-14-8-9-20-11-14/h3-5,14-15H,6-11H2,1-2H3. The fraction of sp³-hybridized carbons (Fsp3) is 0.588. The van der Waals surface area contributed by atoms with Crippen LogP contribution in [-0.4, -0.2) is 36.6 Å². The molecule has 0 N–H and O–H groups in total. The molecule has 1 aromatic rings. The van der Waals surface area contributed by atoms with Gasteiger partial charge in [-0.25, -0.2) is 0 Å². The van der Waals surface area contributed by atoms with Gasteiger partial charge < -0.3 is 9.64 Å². The second kappa shape index (κ2) is 5.57. The highest BCUT2D eigenvalue weighted by Gasteiger charge is 2.35. The fourth-order valence-electron chi connectivity index (χ4n) is 2.93. The van der Waals surface area contributed by atoms with E-state index < -0.39 is 0 Å². The smallest absolute Gasteiger partial charge is 0.254 e. The number of rotatable bonds is 4. The number of ether oxygens (including phenoxy) is 1. The van der Waals surface area contributed by atoms with Crippen LogP contribution in [0, 0.1) is 19.8 Å². The number of nitrogens with zero attached hydrogens (tertiary/aromatic N) is 1. The first-order chi connectivity index (χ1) is 9.66. The summed E-state index contributed by atoms with van der Waals surface area (Å²) in [5.41, 5.74) is 3.18. The molecule has 1 saturated heterocycles. The minimum absolute atomic E-state index is 0.209. The van der Waals surface area contributed by atoms with E-state index in [-0.39, 0.29) is 5.91 Å². The third kappa shape index (κ3) is 2.73. The fourth-order valence-corrected chi connectivity index (χ4v) is 2.93. The molecule has 3 nitrogen and oxygen atoms in total. The Morgan fingerprint density at radius 2 is 2.10 bits per heavy atom. The number of aryl methyl sites for hydroxylation is 1. The summed E-state index contributed by atoms with van der Waals surface area (Å²) in [5.74, 6) is 0.727. The predicted octanol–water partition coefficient (Wildman–Crippen LogP) is 2.94. The molecule has 0 aromatic heterocycles. The van der Waals surface area contributed by atoms with Gasteiger partial charge in [-0.15, -0.1) is 0 Å². The van der Waals surface area contributed by atoms with Gasteiger partial charge in [0, 0.05) is 30.7 Å². The lowest BCUT2D eigenvalue weighted by atomic mass is 10.0. The number of amides is 1. The second-order valence-electron chi connectivity index (χ2n) is 6.17. The summed E-state index contributed by atoms with van der Waals surface area (Å²) in [6, 6.07) is 6.48. The second-order valence-corrected chi connectivity index (χ2v) is 6.17. The van der Waals surface area contributed by atoms with Crippen LogP contribution < -0.4 is 0 Å². The van der Waals surface area contributed by atoms with Crippen LogP contribution in [0.25, 0.3) is 0 Å². The van der Waals surface area contributed by atoms with Crippen LogP contribution in [0.5, 0.6) is 0 Å². The Hall–Kier alpha value is -1.35. The van der Waals surface area contributed by atoms with Crippen LogP contribution in [0.3, 0.4) is 0 Å². The molecule has 20 heavy (non-hydrogen) atoms. The highest BCUT2D eigenvalue weighted by Crippen LogP contribution is 2.31. The van der Waals surface area contributed by atoms with Crippen molar-refractivity contribution >= 4 is 5.91 Å². The van der Waals surface area contributed by atoms with E-state index in [4.69, 9.17) is 4.74 Å². The molecule has 3 heteroatoms. The Morgan fingerprint density at radius 3 is 2.75 bits per heavy atom. The van der Waals surface area contributed by atoms with Gasteiger partial charge in [0.25, 0.3) is 5.91 Å². The summed E-state index contributed by atoms with van der Waals surface area (Å²) >= 11 is 0. The third-order valence-corrected chi connectivity index (χ3v) is 4.56. The van der Waals surface area contributed by atoms with Gasteiger partial charge in [-0.1, -0.05) is 12.1 Å². The molecule has 0 bridgehead atoms. The Bertz CT molecular complexity index is 502. The average molecular weight is 273 g/mol. The van der Waals surface area contributed by atoms with Gasteiger partial charge in [0.05, 0.1) is 6.61 Å². The zero-order chi connectivity index (χ0) is 14.1. The molecule has 2 aliphatic rings. The zero-order valence-corrected chi connectivity index (χ0v) is 12.4. The highest BCUT2D eigenvalue weighted by atomic mass is 16.5. The van der Waals surface area contributed by atoms with Gasteiger partial charge in [-0.2, -0.15) is 0 Å². The lowest BCUT2D eigenvalue weighted by molar-refractivity contribution is 0.0705. The van der Waals surface area contributed by atoms with Crippen molar-refractivity contribution in [3.8, 4) is 0 Å². The lowest BCUT2D eigenvalue weighted by Gasteiger charge is -2.26. The van der Waals surface area contributed by atoms with Crippen LogP contribution in [0.2, 0.25) is 0 Å². The number of benzene rings is 1. The monoisotopic (exact) mass is 273 g/mol. The summed E-state index contributed by atoms with van der Waals surface area (Å²) < 4.78 is 5.45. The third-order valence-electron chi connectivity index (χ3n) is 4.56. The van der Waals surface area contributed by atoms with E-state index in [0.717, 1.165) is 50.1 Å². The van der Waals surface area contributed by atoms with Gasteiger partial charge in [0.15, 0.2) is 0 Å². The van der Waals surface area contributed by atoms with Crippen molar-refractivity contribution in [3.63, 3.8) is 0 Å². The van der Waals surface area contributed by atoms with Gasteiger partial charge in [-0.3, -0.25) is 4.79 Å². The van der Waals surface area contributed by atoms with Crippen molar-refractivity contribution in [2.75, 3.05) is 19.8 Å². The SMILES string of the molecule is Cc1cccc(C(=O)N(CC2CCOC2)C2CC2)c1C. The molecule has 1 aromatic carbocycles. The van der Waals surface area contributed by atoms with Gasteiger partial charge in [0.2, 0.25) is 0 Å². The van der Waals surface area contributed by atoms with Crippen molar-refractivity contribution in [2.45, 2.75) is 39.2 Å². The van der Waals surface area contributed by atoms with E-state index in [1.165, 1.54) is 5.56 Å². The van der Waals surface area contributed by atoms with Crippen molar-refractivity contribution in [3.05, 3.63) is 34.9 Å². The van der Waals surface area contributed by atoms with Crippen molar-refractivity contribution < 1.29 is 9.53 Å². The molecule has 0 radical (unpaired) electrons. The summed E-state index contributed by atoms with van der Waals surface area (Å²) in [6.45, 7) is 6.63. The first-order valence-electron chi connectivity index (χ1n) is 7.61. The number of carbonyl (C=O) groups excluding carboxylic acids is 1. The van der Waals surface area contributed by atoms with Gasteiger partial charge >= 0.3 is 0 Å². The Kier molecular flexibility index (Phi) is 3.79. The van der Waals surface area contributed by atoms with Gasteiger partial charge in [-0.05, 0) is 50.3 Å². The van der Waals surface area contributed by atoms with Crippen LogP contribution >= 0.6 is 0 Å². The summed E-state index contributed by atoms with van der Waals surface area (Å²) in [7, 11) is 0. The Labute approximate surface area is 120 Å². The molecule has 1 aliphatic heterocycles. The van der Waals surface area contributed by atoms with E-state index in [1.54, 1.807) is 0 Å². The minimum atomic E-state index is 0.209. The van der Waals surface area contributed by atoms with Gasteiger partial charge in [0.1, 0.15) is 0 Å². The van der Waals surface area contributed by atoms with Crippen molar-refractivity contribution in [1.82, 2.24) is 4.90 Å². The lowest BCUT2D eigenvalue weighted by Crippen LogP contribution is -2.37. The average Bonchev–Trinajstić information content (AvgIpc) is 3.15. The summed E-state index contributed by atoms with van der Waals surface area (Å²) in [5, 5.41) is 0. The van der Waals surface area contributed by atoms with E-state index in [2.05, 4.69) is 17.9 Å². The molecule has 2 fully saturated rings. The normalized spacial score (nSPS) is 22.0. The quantitative estimate of drug-likeness (QED) is 0.844. The number of hydrogen-bond acceptors (Lipinski definition) is 2. The van der Waals surface area contributed by atoms with Crippen LogP contribution in [0.15, 0.2) is 18.2 Å². The maximum absolute atomic E-state index is 12.9. The van der Waals surface area contributed by atoms with Crippen LogP contribution in [0.4, 0.5) is 0 Å². The topological polar surface area (TPSA) is 29.5 Å². The molecule has 1 saturated carbocycles. The van der Waals surface area contributed by atoms with Crippen molar-refractivity contribution in [2.24, 2.45) is 5.92 Å². The molecule has 0 spiro atoms. The Morgan fingerprint density at radius 1 is 1.30 bits per heavy atom. The summed E-state index contributed by atoms with van der Waals surface area (Å²) in [4.78, 5) is 15.0. The zero-order valence-electron chi connectivity index (χ0n) is 12.4. The first-order valence-corrected chi connectivity index (χ1v) is 7.61. The Balaban J connectivity index is 1.79. The highest BCUT2D eigenvalue weighted by molar-refractivity contribution is 5.96. The molecule has 1 amide bonds. The molecule has 1 unspecified atom stereocenters. The van der Waals surface area contributed by atoms with E-state index in [9.17, 15) is 4.79 Å². The van der Waals surface area contributed by atoms with E-state index >= 15 is 0 Å². The molecular weight excluding hydrogens is 250 g/mol. The molecule has 108 valence electrons. The number of carbonyl (C=O) groups is 1. The maximum Gasteiger partial charge on any atom is 0.254 e. The first kappa shape index (κ1) is 13.6. The molecular formula is C17H23NO2. The van der Waals surface area contributed by atoms with Crippen LogP contribution in [0.1, 0.15) is 40.7 Å². The van der Waals surface area contributed by atoms with E-state index in [1.807, 2.05) is 19.1 Å². The molecule has 3 rings (SSSR count). The molecule has 1 atom stereocenters. The summed E-state index contributed by atoms with van der Waals surface area (Å²) in [6.07, 6.45) is 3.40.